The maximum atomic E-state index is 12.9. The van der Waals surface area contributed by atoms with Crippen molar-refractivity contribution < 1.29 is 32.3 Å². The molecule has 2 aromatic carbocycles. The fourth-order valence-electron chi connectivity index (χ4n) is 2.55. The van der Waals surface area contributed by atoms with Gasteiger partial charge in [-0.1, -0.05) is 0 Å². The van der Waals surface area contributed by atoms with Crippen molar-refractivity contribution in [3.8, 4) is 11.5 Å². The molecule has 0 unspecified atom stereocenters. The highest BCUT2D eigenvalue weighted by Crippen LogP contribution is 2.35. The fraction of sp³-hybridized carbons (Fsp3) is 0.235. The Labute approximate surface area is 154 Å². The van der Waals surface area contributed by atoms with Crippen LogP contribution >= 0.6 is 0 Å². The molecule has 1 amide bonds. The van der Waals surface area contributed by atoms with Crippen LogP contribution in [0, 0.1) is 5.82 Å². The van der Waals surface area contributed by atoms with E-state index in [1.807, 2.05) is 0 Å². The van der Waals surface area contributed by atoms with E-state index >= 15 is 0 Å². The van der Waals surface area contributed by atoms with E-state index in [0.717, 1.165) is 0 Å². The zero-order chi connectivity index (χ0) is 19.5. The van der Waals surface area contributed by atoms with Crippen LogP contribution in [0.1, 0.15) is 19.3 Å². The Morgan fingerprint density at radius 3 is 2.07 bits per heavy atom. The van der Waals surface area contributed by atoms with Gasteiger partial charge < -0.3 is 9.47 Å². The van der Waals surface area contributed by atoms with Crippen molar-refractivity contribution in [3.63, 3.8) is 0 Å². The van der Waals surface area contributed by atoms with Gasteiger partial charge in [0, 0.05) is 12.8 Å². The van der Waals surface area contributed by atoms with Crippen LogP contribution in [0.2, 0.25) is 0 Å². The molecule has 1 fully saturated rings. The van der Waals surface area contributed by atoms with E-state index in [2.05, 4.69) is 4.72 Å². The molecule has 2 aromatic rings. The zero-order valence-corrected chi connectivity index (χ0v) is 14.8. The van der Waals surface area contributed by atoms with E-state index in [1.165, 1.54) is 54.0 Å². The third kappa shape index (κ3) is 4.54. The van der Waals surface area contributed by atoms with Crippen molar-refractivity contribution in [2.75, 3.05) is 0 Å². The Morgan fingerprint density at radius 1 is 1.04 bits per heavy atom. The summed E-state index contributed by atoms with van der Waals surface area (Å²) in [6.45, 7) is 0. The van der Waals surface area contributed by atoms with Gasteiger partial charge in [-0.15, -0.1) is 0 Å². The molecule has 3 rings (SSSR count). The van der Waals surface area contributed by atoms with Crippen LogP contribution in [-0.2, 0) is 14.8 Å². The molecule has 0 heterocycles. The van der Waals surface area contributed by atoms with Crippen LogP contribution < -0.4 is 14.9 Å². The van der Waals surface area contributed by atoms with E-state index in [4.69, 9.17) is 14.7 Å². The topological polar surface area (TPSA) is 114 Å². The number of sulfonamides is 1. The summed E-state index contributed by atoms with van der Waals surface area (Å²) in [6.07, 6.45) is 0.128. The Morgan fingerprint density at radius 2 is 1.59 bits per heavy atom. The summed E-state index contributed by atoms with van der Waals surface area (Å²) in [4.78, 5) is 11.2. The van der Waals surface area contributed by atoms with Crippen LogP contribution in [0.5, 0.6) is 11.5 Å². The third-order valence-corrected chi connectivity index (χ3v) is 5.58. The molecule has 27 heavy (non-hydrogen) atoms. The predicted molar refractivity (Wildman–Crippen MR) is 91.2 cm³/mol. The number of hydroxylamine groups is 1. The Bertz CT molecular complexity index is 911. The summed E-state index contributed by atoms with van der Waals surface area (Å²) < 4.78 is 50.8. The Hall–Kier alpha value is -2.69. The number of hydrogen-bond acceptors (Lipinski definition) is 6. The minimum atomic E-state index is -3.97. The van der Waals surface area contributed by atoms with Crippen molar-refractivity contribution in [3.05, 3.63) is 54.3 Å². The maximum Gasteiger partial charge on any atom is 0.432 e. The van der Waals surface area contributed by atoms with Crippen LogP contribution in [0.15, 0.2) is 53.4 Å². The second-order valence-corrected chi connectivity index (χ2v) is 7.66. The molecular formula is C17H17FN2O6S. The zero-order valence-electron chi connectivity index (χ0n) is 14.0. The first-order valence-electron chi connectivity index (χ1n) is 8.02. The summed E-state index contributed by atoms with van der Waals surface area (Å²) >= 11 is 0. The van der Waals surface area contributed by atoms with Gasteiger partial charge in [0.25, 0.3) is 0 Å². The first kappa shape index (κ1) is 19.1. The quantitative estimate of drug-likeness (QED) is 0.393. The third-order valence-electron chi connectivity index (χ3n) is 4.04. The van der Waals surface area contributed by atoms with E-state index < -0.39 is 27.7 Å². The number of carbonyl (C=O) groups excluding carboxylic acids is 1. The van der Waals surface area contributed by atoms with E-state index in [9.17, 15) is 17.6 Å². The van der Waals surface area contributed by atoms with Crippen molar-refractivity contribution >= 4 is 16.1 Å². The van der Waals surface area contributed by atoms with E-state index in [-0.39, 0.29) is 4.90 Å². The average Bonchev–Trinajstić information content (AvgIpc) is 2.62. The number of rotatable bonds is 6. The summed E-state index contributed by atoms with van der Waals surface area (Å²) in [7, 11) is -3.97. The van der Waals surface area contributed by atoms with Crippen molar-refractivity contribution in [2.45, 2.75) is 29.9 Å². The smallest absolute Gasteiger partial charge is 0.432 e. The van der Waals surface area contributed by atoms with Gasteiger partial charge in [-0.2, -0.15) is 4.72 Å². The lowest BCUT2D eigenvalue weighted by Crippen LogP contribution is -2.57. The molecular weight excluding hydrogens is 379 g/mol. The lowest BCUT2D eigenvalue weighted by molar-refractivity contribution is -0.0677. The summed E-state index contributed by atoms with van der Waals surface area (Å²) in [6, 6.07) is 11.0. The normalized spacial score (nSPS) is 15.5. The molecule has 0 saturated heterocycles. The molecule has 0 radical (unpaired) electrons. The van der Waals surface area contributed by atoms with Gasteiger partial charge in [-0.3, -0.25) is 5.21 Å². The number of ether oxygens (including phenoxy) is 2. The molecule has 10 heteroatoms. The monoisotopic (exact) mass is 396 g/mol. The van der Waals surface area contributed by atoms with Gasteiger partial charge in [0.2, 0.25) is 10.0 Å². The highest BCUT2D eigenvalue weighted by molar-refractivity contribution is 7.89. The number of carbonyl (C=O) groups is 1. The van der Waals surface area contributed by atoms with Gasteiger partial charge in [0.05, 0.1) is 4.90 Å². The number of halogens is 1. The minimum absolute atomic E-state index is 0.0479. The lowest BCUT2D eigenvalue weighted by Gasteiger charge is -2.40. The van der Waals surface area contributed by atoms with Gasteiger partial charge >= 0.3 is 6.09 Å². The fourth-order valence-corrected chi connectivity index (χ4v) is 3.90. The second kappa shape index (κ2) is 7.51. The molecule has 1 aliphatic carbocycles. The molecule has 0 atom stereocenters. The number of amides is 1. The molecule has 0 aliphatic heterocycles. The van der Waals surface area contributed by atoms with Gasteiger partial charge in [0.15, 0.2) is 5.72 Å². The lowest BCUT2D eigenvalue weighted by atomic mass is 9.89. The van der Waals surface area contributed by atoms with Crippen LogP contribution in [-0.4, -0.2) is 25.4 Å². The molecule has 0 bridgehead atoms. The number of nitrogens with one attached hydrogen (secondary N) is 2. The summed E-state index contributed by atoms with van der Waals surface area (Å²) in [5.74, 6) is 0.383. The van der Waals surface area contributed by atoms with Gasteiger partial charge in [-0.05, 0) is 55.0 Å². The maximum absolute atomic E-state index is 12.9. The molecule has 1 aliphatic rings. The van der Waals surface area contributed by atoms with Crippen molar-refractivity contribution in [2.24, 2.45) is 0 Å². The van der Waals surface area contributed by atoms with Crippen molar-refractivity contribution in [1.82, 2.24) is 10.2 Å². The van der Waals surface area contributed by atoms with Gasteiger partial charge in [0.1, 0.15) is 17.3 Å². The van der Waals surface area contributed by atoms with E-state index in [0.29, 0.717) is 30.8 Å². The molecule has 0 aromatic heterocycles. The van der Waals surface area contributed by atoms with Crippen LogP contribution in [0.4, 0.5) is 9.18 Å². The standard InChI is InChI=1S/C17H17FN2O6S/c18-12-2-4-13(5-3-12)25-14-6-8-15(9-7-14)27(23,24)20-17(10-1-11-17)26-16(21)19-22/h2-9,20,22H,1,10-11H2,(H,19,21). The number of benzene rings is 2. The molecule has 0 spiro atoms. The highest BCUT2D eigenvalue weighted by Gasteiger charge is 2.44. The molecule has 8 nitrogen and oxygen atoms in total. The van der Waals surface area contributed by atoms with Crippen LogP contribution in [0.25, 0.3) is 0 Å². The van der Waals surface area contributed by atoms with Crippen LogP contribution in [0.3, 0.4) is 0 Å². The summed E-state index contributed by atoms with van der Waals surface area (Å²) in [5, 5.41) is 8.56. The minimum Gasteiger partial charge on any atom is -0.457 e. The molecule has 1 saturated carbocycles. The molecule has 144 valence electrons. The van der Waals surface area contributed by atoms with Crippen molar-refractivity contribution in [1.29, 1.82) is 0 Å². The first-order chi connectivity index (χ1) is 12.8. The first-order valence-corrected chi connectivity index (χ1v) is 9.51. The SMILES string of the molecule is O=C(NO)OC1(NS(=O)(=O)c2ccc(Oc3ccc(F)cc3)cc2)CCC1. The predicted octanol–water partition coefficient (Wildman–Crippen LogP) is 2.89. The Kier molecular flexibility index (Phi) is 5.31. The van der Waals surface area contributed by atoms with Gasteiger partial charge in [-0.25, -0.2) is 23.1 Å². The van der Waals surface area contributed by atoms with E-state index in [1.54, 1.807) is 0 Å². The highest BCUT2D eigenvalue weighted by atomic mass is 32.2. The number of hydrogen-bond donors (Lipinski definition) is 3. The largest absolute Gasteiger partial charge is 0.457 e. The average molecular weight is 396 g/mol. The molecule has 3 N–H and O–H groups in total. The second-order valence-electron chi connectivity index (χ2n) is 5.98. The summed E-state index contributed by atoms with van der Waals surface area (Å²) in [5.41, 5.74) is -0.0675. The Balaban J connectivity index is 1.71.